The average molecular weight is 281 g/mol. The zero-order chi connectivity index (χ0) is 14.4. The third-order valence-corrected chi connectivity index (χ3v) is 3.50. The van der Waals surface area contributed by atoms with Crippen LogP contribution >= 0.6 is 0 Å². The maximum atomic E-state index is 13.0. The SMILES string of the molecule is O=C(COc1ccc(F)cc1CO)N1CCCCCC1. The van der Waals surface area contributed by atoms with Crippen molar-refractivity contribution >= 4 is 5.91 Å². The summed E-state index contributed by atoms with van der Waals surface area (Å²) in [5.41, 5.74) is 0.355. The lowest BCUT2D eigenvalue weighted by Gasteiger charge is -2.20. The van der Waals surface area contributed by atoms with Crippen molar-refractivity contribution in [2.75, 3.05) is 19.7 Å². The van der Waals surface area contributed by atoms with Crippen LogP contribution in [-0.4, -0.2) is 35.6 Å². The number of carbonyl (C=O) groups is 1. The molecule has 1 aromatic rings. The highest BCUT2D eigenvalue weighted by atomic mass is 19.1. The summed E-state index contributed by atoms with van der Waals surface area (Å²) in [6, 6.07) is 3.91. The number of likely N-dealkylation sites (tertiary alicyclic amines) is 1. The van der Waals surface area contributed by atoms with Crippen LogP contribution in [0.1, 0.15) is 31.2 Å². The van der Waals surface area contributed by atoms with Crippen molar-refractivity contribution in [2.45, 2.75) is 32.3 Å². The first kappa shape index (κ1) is 14.8. The number of aliphatic hydroxyl groups is 1. The molecule has 110 valence electrons. The number of nitrogens with zero attached hydrogens (tertiary/aromatic N) is 1. The number of aliphatic hydroxyl groups excluding tert-OH is 1. The minimum Gasteiger partial charge on any atom is -0.483 e. The highest BCUT2D eigenvalue weighted by Gasteiger charge is 2.16. The lowest BCUT2D eigenvalue weighted by atomic mass is 10.2. The molecule has 2 rings (SSSR count). The molecular weight excluding hydrogens is 261 g/mol. The Balaban J connectivity index is 1.92. The summed E-state index contributed by atoms with van der Waals surface area (Å²) in [6.07, 6.45) is 4.39. The van der Waals surface area contributed by atoms with Crippen LogP contribution in [0.15, 0.2) is 18.2 Å². The average Bonchev–Trinajstić information content (AvgIpc) is 2.74. The van der Waals surface area contributed by atoms with Gasteiger partial charge in [-0.2, -0.15) is 0 Å². The van der Waals surface area contributed by atoms with Gasteiger partial charge in [0.2, 0.25) is 0 Å². The fourth-order valence-corrected chi connectivity index (χ4v) is 2.36. The van der Waals surface area contributed by atoms with Crippen LogP contribution in [-0.2, 0) is 11.4 Å². The molecule has 0 spiro atoms. The van der Waals surface area contributed by atoms with E-state index < -0.39 is 5.82 Å². The molecule has 20 heavy (non-hydrogen) atoms. The molecule has 1 N–H and O–H groups in total. The summed E-state index contributed by atoms with van der Waals surface area (Å²) in [5, 5.41) is 9.15. The Labute approximate surface area is 118 Å². The molecule has 1 aliphatic rings. The van der Waals surface area contributed by atoms with E-state index in [1.165, 1.54) is 18.2 Å². The normalized spacial score (nSPS) is 15.8. The molecule has 0 saturated carbocycles. The van der Waals surface area contributed by atoms with Gasteiger partial charge in [0, 0.05) is 18.7 Å². The topological polar surface area (TPSA) is 49.8 Å². The summed E-state index contributed by atoms with van der Waals surface area (Å²) in [5.74, 6) is -0.127. The van der Waals surface area contributed by atoms with Gasteiger partial charge < -0.3 is 14.7 Å². The van der Waals surface area contributed by atoms with Crippen LogP contribution in [0.25, 0.3) is 0 Å². The Morgan fingerprint density at radius 2 is 1.95 bits per heavy atom. The van der Waals surface area contributed by atoms with Gasteiger partial charge in [-0.15, -0.1) is 0 Å². The van der Waals surface area contributed by atoms with E-state index in [9.17, 15) is 9.18 Å². The lowest BCUT2D eigenvalue weighted by Crippen LogP contribution is -2.35. The second-order valence-corrected chi connectivity index (χ2v) is 4.99. The summed E-state index contributed by atoms with van der Waals surface area (Å²) >= 11 is 0. The highest BCUT2D eigenvalue weighted by molar-refractivity contribution is 5.77. The van der Waals surface area contributed by atoms with Gasteiger partial charge in [-0.25, -0.2) is 4.39 Å². The first-order valence-electron chi connectivity index (χ1n) is 7.00. The number of hydrogen-bond donors (Lipinski definition) is 1. The predicted octanol–water partition coefficient (Wildman–Crippen LogP) is 2.10. The molecule has 1 aliphatic heterocycles. The summed E-state index contributed by atoms with van der Waals surface area (Å²) in [7, 11) is 0. The van der Waals surface area contributed by atoms with Crippen LogP contribution in [0.5, 0.6) is 5.75 Å². The molecule has 0 aromatic heterocycles. The van der Waals surface area contributed by atoms with Gasteiger partial charge in [0.1, 0.15) is 11.6 Å². The Bertz CT molecular complexity index is 456. The molecule has 0 atom stereocenters. The highest BCUT2D eigenvalue weighted by Crippen LogP contribution is 2.20. The summed E-state index contributed by atoms with van der Waals surface area (Å²) < 4.78 is 18.4. The van der Waals surface area contributed by atoms with Crippen molar-refractivity contribution in [1.29, 1.82) is 0 Å². The van der Waals surface area contributed by atoms with Crippen molar-refractivity contribution in [3.05, 3.63) is 29.6 Å². The first-order chi connectivity index (χ1) is 9.70. The quantitative estimate of drug-likeness (QED) is 0.919. The lowest BCUT2D eigenvalue weighted by molar-refractivity contribution is -0.133. The number of hydrogen-bond acceptors (Lipinski definition) is 3. The Morgan fingerprint density at radius 3 is 2.60 bits per heavy atom. The molecule has 0 bridgehead atoms. The number of rotatable bonds is 4. The molecule has 1 aromatic carbocycles. The van der Waals surface area contributed by atoms with Gasteiger partial charge in [-0.05, 0) is 31.0 Å². The van der Waals surface area contributed by atoms with Crippen molar-refractivity contribution in [3.8, 4) is 5.75 Å². The Kier molecular flexibility index (Phi) is 5.35. The minimum absolute atomic E-state index is 0.0554. The fourth-order valence-electron chi connectivity index (χ4n) is 2.36. The fraction of sp³-hybridized carbons (Fsp3) is 0.533. The number of benzene rings is 1. The molecular formula is C15H20FNO3. The van der Waals surface area contributed by atoms with Crippen LogP contribution in [0.3, 0.4) is 0 Å². The first-order valence-corrected chi connectivity index (χ1v) is 7.00. The van der Waals surface area contributed by atoms with E-state index in [2.05, 4.69) is 0 Å². The van der Waals surface area contributed by atoms with Gasteiger partial charge in [-0.3, -0.25) is 4.79 Å². The van der Waals surface area contributed by atoms with Gasteiger partial charge in [0.15, 0.2) is 6.61 Å². The van der Waals surface area contributed by atoms with Crippen molar-refractivity contribution < 1.29 is 19.0 Å². The van der Waals surface area contributed by atoms with E-state index in [4.69, 9.17) is 9.84 Å². The van der Waals surface area contributed by atoms with E-state index in [1.807, 2.05) is 4.90 Å². The van der Waals surface area contributed by atoms with Crippen molar-refractivity contribution in [3.63, 3.8) is 0 Å². The van der Waals surface area contributed by atoms with E-state index >= 15 is 0 Å². The molecule has 4 nitrogen and oxygen atoms in total. The minimum atomic E-state index is -0.430. The number of ether oxygens (including phenoxy) is 1. The summed E-state index contributed by atoms with van der Waals surface area (Å²) in [4.78, 5) is 13.9. The molecule has 0 aliphatic carbocycles. The van der Waals surface area contributed by atoms with E-state index in [1.54, 1.807) is 0 Å². The molecule has 5 heteroatoms. The number of carbonyl (C=O) groups excluding carboxylic acids is 1. The smallest absolute Gasteiger partial charge is 0.260 e. The third kappa shape index (κ3) is 3.93. The second kappa shape index (κ2) is 7.24. The van der Waals surface area contributed by atoms with Crippen LogP contribution in [0, 0.1) is 5.82 Å². The van der Waals surface area contributed by atoms with Gasteiger partial charge in [-0.1, -0.05) is 12.8 Å². The largest absolute Gasteiger partial charge is 0.483 e. The molecule has 1 heterocycles. The molecule has 0 radical (unpaired) electrons. The van der Waals surface area contributed by atoms with E-state index in [-0.39, 0.29) is 19.1 Å². The molecule has 1 saturated heterocycles. The number of amides is 1. The zero-order valence-electron chi connectivity index (χ0n) is 11.5. The predicted molar refractivity (Wildman–Crippen MR) is 72.9 cm³/mol. The van der Waals surface area contributed by atoms with Crippen LogP contribution < -0.4 is 4.74 Å². The van der Waals surface area contributed by atoms with Crippen molar-refractivity contribution in [2.24, 2.45) is 0 Å². The van der Waals surface area contributed by atoms with Crippen LogP contribution in [0.2, 0.25) is 0 Å². The molecule has 1 fully saturated rings. The zero-order valence-corrected chi connectivity index (χ0v) is 11.5. The maximum Gasteiger partial charge on any atom is 0.260 e. The monoisotopic (exact) mass is 281 g/mol. The Morgan fingerprint density at radius 1 is 1.25 bits per heavy atom. The molecule has 0 unspecified atom stereocenters. The van der Waals surface area contributed by atoms with Crippen molar-refractivity contribution in [1.82, 2.24) is 4.90 Å². The number of halogens is 1. The summed E-state index contributed by atoms with van der Waals surface area (Å²) in [6.45, 7) is 1.17. The van der Waals surface area contributed by atoms with Gasteiger partial charge >= 0.3 is 0 Å². The third-order valence-electron chi connectivity index (χ3n) is 3.50. The van der Waals surface area contributed by atoms with E-state index in [0.717, 1.165) is 38.8 Å². The maximum absolute atomic E-state index is 13.0. The standard InChI is InChI=1S/C15H20FNO3/c16-13-5-6-14(12(9-13)10-18)20-11-15(19)17-7-3-1-2-4-8-17/h5-6,9,18H,1-4,7-8,10-11H2. The molecule has 1 amide bonds. The Hall–Kier alpha value is -1.62. The second-order valence-electron chi connectivity index (χ2n) is 4.99. The van der Waals surface area contributed by atoms with Crippen LogP contribution in [0.4, 0.5) is 4.39 Å². The van der Waals surface area contributed by atoms with E-state index in [0.29, 0.717) is 11.3 Å². The van der Waals surface area contributed by atoms with Gasteiger partial charge in [0.05, 0.1) is 6.61 Å². The van der Waals surface area contributed by atoms with Gasteiger partial charge in [0.25, 0.3) is 5.91 Å².